The van der Waals surface area contributed by atoms with Crippen molar-refractivity contribution in [2.24, 2.45) is 0 Å². The maximum atomic E-state index is 13.5. The first kappa shape index (κ1) is 13.8. The minimum atomic E-state index is -0.150. The van der Waals surface area contributed by atoms with Crippen molar-refractivity contribution in [3.05, 3.63) is 69.9 Å². The van der Waals surface area contributed by atoms with Gasteiger partial charge in [-0.15, -0.1) is 0 Å². The minimum Gasteiger partial charge on any atom is -0.316 e. The molecule has 0 bridgehead atoms. The van der Waals surface area contributed by atoms with Crippen LogP contribution in [0.25, 0.3) is 0 Å². The van der Waals surface area contributed by atoms with Crippen LogP contribution >= 0.6 is 15.9 Å². The summed E-state index contributed by atoms with van der Waals surface area (Å²) in [5.41, 5.74) is 2.43. The Labute approximate surface area is 127 Å². The van der Waals surface area contributed by atoms with Crippen molar-refractivity contribution >= 4 is 15.9 Å². The third kappa shape index (κ3) is 2.94. The smallest absolute Gasteiger partial charge is 0.123 e. The van der Waals surface area contributed by atoms with E-state index in [2.05, 4.69) is 45.5 Å². The van der Waals surface area contributed by atoms with Gasteiger partial charge in [0.15, 0.2) is 0 Å². The number of rotatable bonds is 2. The summed E-state index contributed by atoms with van der Waals surface area (Å²) in [6.07, 6.45) is 1.09. The second-order valence-corrected chi connectivity index (χ2v) is 6.23. The summed E-state index contributed by atoms with van der Waals surface area (Å²) >= 11 is 3.48. The third-order valence-corrected chi connectivity index (χ3v) is 4.59. The van der Waals surface area contributed by atoms with E-state index < -0.39 is 0 Å². The van der Waals surface area contributed by atoms with E-state index in [0.29, 0.717) is 11.8 Å². The van der Waals surface area contributed by atoms with Crippen LogP contribution in [0.15, 0.2) is 53.0 Å². The predicted molar refractivity (Wildman–Crippen MR) is 83.5 cm³/mol. The molecule has 2 aromatic carbocycles. The average Bonchev–Trinajstić information content (AvgIpc) is 2.48. The van der Waals surface area contributed by atoms with Gasteiger partial charge < -0.3 is 5.32 Å². The number of halogens is 2. The molecule has 3 heteroatoms. The van der Waals surface area contributed by atoms with E-state index in [-0.39, 0.29) is 5.82 Å². The van der Waals surface area contributed by atoms with E-state index in [4.69, 9.17) is 0 Å². The van der Waals surface area contributed by atoms with E-state index in [0.717, 1.165) is 29.5 Å². The molecule has 0 spiro atoms. The SMILES string of the molecule is Fc1cccc(C2CNCCC2c2ccc(Br)cc2)c1. The van der Waals surface area contributed by atoms with E-state index in [9.17, 15) is 4.39 Å². The van der Waals surface area contributed by atoms with E-state index in [1.807, 2.05) is 6.07 Å². The van der Waals surface area contributed by atoms with Crippen LogP contribution in [-0.2, 0) is 0 Å². The van der Waals surface area contributed by atoms with Crippen LogP contribution in [0.2, 0.25) is 0 Å². The van der Waals surface area contributed by atoms with Crippen LogP contribution in [0.4, 0.5) is 4.39 Å². The first-order valence-corrected chi connectivity index (χ1v) is 7.75. The van der Waals surface area contributed by atoms with Gasteiger partial charge in [-0.05, 0) is 54.3 Å². The van der Waals surface area contributed by atoms with Crippen molar-refractivity contribution in [2.75, 3.05) is 13.1 Å². The van der Waals surface area contributed by atoms with Gasteiger partial charge in [-0.1, -0.05) is 40.2 Å². The Bertz CT molecular complexity index is 582. The molecule has 1 aliphatic rings. The molecule has 1 fully saturated rings. The van der Waals surface area contributed by atoms with Crippen molar-refractivity contribution in [3.8, 4) is 0 Å². The lowest BCUT2D eigenvalue weighted by molar-refractivity contribution is 0.403. The summed E-state index contributed by atoms with van der Waals surface area (Å²) in [6.45, 7) is 1.93. The Kier molecular flexibility index (Phi) is 4.18. The minimum absolute atomic E-state index is 0.150. The van der Waals surface area contributed by atoms with Gasteiger partial charge in [0, 0.05) is 16.9 Å². The molecule has 3 rings (SSSR count). The van der Waals surface area contributed by atoms with E-state index in [1.165, 1.54) is 11.6 Å². The average molecular weight is 334 g/mol. The molecule has 1 saturated heterocycles. The summed E-state index contributed by atoms with van der Waals surface area (Å²) in [5.74, 6) is 0.634. The topological polar surface area (TPSA) is 12.0 Å². The molecule has 0 aliphatic carbocycles. The molecule has 1 aliphatic heterocycles. The monoisotopic (exact) mass is 333 g/mol. The first-order valence-electron chi connectivity index (χ1n) is 6.95. The summed E-state index contributed by atoms with van der Waals surface area (Å²) in [6, 6.07) is 15.5. The van der Waals surface area contributed by atoms with Gasteiger partial charge in [-0.3, -0.25) is 0 Å². The van der Waals surface area contributed by atoms with Crippen molar-refractivity contribution < 1.29 is 4.39 Å². The number of piperidine rings is 1. The van der Waals surface area contributed by atoms with Crippen LogP contribution < -0.4 is 5.32 Å². The fourth-order valence-corrected chi connectivity index (χ4v) is 3.32. The summed E-state index contributed by atoms with van der Waals surface area (Å²) < 4.78 is 14.6. The maximum Gasteiger partial charge on any atom is 0.123 e. The lowest BCUT2D eigenvalue weighted by Gasteiger charge is -2.33. The van der Waals surface area contributed by atoms with Crippen molar-refractivity contribution in [3.63, 3.8) is 0 Å². The van der Waals surface area contributed by atoms with Gasteiger partial charge in [-0.2, -0.15) is 0 Å². The van der Waals surface area contributed by atoms with Crippen molar-refractivity contribution in [2.45, 2.75) is 18.3 Å². The van der Waals surface area contributed by atoms with Gasteiger partial charge in [-0.25, -0.2) is 4.39 Å². The number of hydrogen-bond acceptors (Lipinski definition) is 1. The maximum absolute atomic E-state index is 13.5. The van der Waals surface area contributed by atoms with Crippen LogP contribution in [0.3, 0.4) is 0 Å². The lowest BCUT2D eigenvalue weighted by Crippen LogP contribution is -2.34. The van der Waals surface area contributed by atoms with Gasteiger partial charge in [0.2, 0.25) is 0 Å². The summed E-state index contributed by atoms with van der Waals surface area (Å²) in [5, 5.41) is 3.43. The van der Waals surface area contributed by atoms with E-state index >= 15 is 0 Å². The Balaban J connectivity index is 1.93. The molecule has 1 nitrogen and oxygen atoms in total. The molecular formula is C17H17BrFN. The Morgan fingerprint density at radius 1 is 1.00 bits per heavy atom. The number of hydrogen-bond donors (Lipinski definition) is 1. The predicted octanol–water partition coefficient (Wildman–Crippen LogP) is 4.45. The molecule has 0 amide bonds. The Morgan fingerprint density at radius 2 is 1.80 bits per heavy atom. The van der Waals surface area contributed by atoms with Crippen LogP contribution in [0.1, 0.15) is 29.4 Å². The molecule has 1 heterocycles. The lowest BCUT2D eigenvalue weighted by atomic mass is 9.77. The summed E-state index contributed by atoms with van der Waals surface area (Å²) in [4.78, 5) is 0. The molecule has 2 aromatic rings. The van der Waals surface area contributed by atoms with E-state index in [1.54, 1.807) is 12.1 Å². The largest absolute Gasteiger partial charge is 0.316 e. The highest BCUT2D eigenvalue weighted by Gasteiger charge is 2.27. The van der Waals surface area contributed by atoms with Crippen LogP contribution in [0, 0.1) is 5.82 Å². The quantitative estimate of drug-likeness (QED) is 0.856. The fraction of sp³-hybridized carbons (Fsp3) is 0.294. The summed E-state index contributed by atoms with van der Waals surface area (Å²) in [7, 11) is 0. The van der Waals surface area contributed by atoms with Gasteiger partial charge in [0.1, 0.15) is 5.82 Å². The Hall–Kier alpha value is -1.19. The fourth-order valence-electron chi connectivity index (χ4n) is 3.05. The van der Waals surface area contributed by atoms with Crippen molar-refractivity contribution in [1.29, 1.82) is 0 Å². The van der Waals surface area contributed by atoms with Crippen molar-refractivity contribution in [1.82, 2.24) is 5.32 Å². The second kappa shape index (κ2) is 6.06. The number of benzene rings is 2. The Morgan fingerprint density at radius 3 is 2.55 bits per heavy atom. The first-order chi connectivity index (χ1) is 9.74. The molecule has 0 saturated carbocycles. The molecule has 104 valence electrons. The normalized spacial score (nSPS) is 22.7. The van der Waals surface area contributed by atoms with Gasteiger partial charge >= 0.3 is 0 Å². The molecule has 20 heavy (non-hydrogen) atoms. The molecule has 2 atom stereocenters. The standard InChI is InChI=1S/C17H17BrFN/c18-14-6-4-12(5-7-14)16-8-9-20-11-17(16)13-2-1-3-15(19)10-13/h1-7,10,16-17,20H,8-9,11H2. The highest BCUT2D eigenvalue weighted by atomic mass is 79.9. The number of nitrogens with one attached hydrogen (secondary N) is 1. The molecule has 2 unspecified atom stereocenters. The zero-order chi connectivity index (χ0) is 13.9. The zero-order valence-electron chi connectivity index (χ0n) is 11.2. The van der Waals surface area contributed by atoms with Gasteiger partial charge in [0.05, 0.1) is 0 Å². The highest BCUT2D eigenvalue weighted by molar-refractivity contribution is 9.10. The van der Waals surface area contributed by atoms with Gasteiger partial charge in [0.25, 0.3) is 0 Å². The van der Waals surface area contributed by atoms with Crippen LogP contribution in [-0.4, -0.2) is 13.1 Å². The highest BCUT2D eigenvalue weighted by Crippen LogP contribution is 2.37. The third-order valence-electron chi connectivity index (χ3n) is 4.06. The molecule has 0 radical (unpaired) electrons. The molecular weight excluding hydrogens is 317 g/mol. The second-order valence-electron chi connectivity index (χ2n) is 5.31. The molecule has 1 N–H and O–H groups in total. The molecule has 0 aromatic heterocycles. The van der Waals surface area contributed by atoms with Crippen LogP contribution in [0.5, 0.6) is 0 Å². The zero-order valence-corrected chi connectivity index (χ0v) is 12.7.